The van der Waals surface area contributed by atoms with Gasteiger partial charge >= 0.3 is 0 Å². The van der Waals surface area contributed by atoms with Gasteiger partial charge in [-0.1, -0.05) is 24.3 Å². The molecule has 0 aromatic heterocycles. The van der Waals surface area contributed by atoms with Gasteiger partial charge in [-0.2, -0.15) is 0 Å². The number of thioether (sulfide) groups is 1. The number of aryl methyl sites for hydroxylation is 1. The molecule has 1 saturated heterocycles. The Balaban J connectivity index is 0.00000363. The van der Waals surface area contributed by atoms with Crippen molar-refractivity contribution < 1.29 is 9.59 Å². The average molecular weight is 567 g/mol. The summed E-state index contributed by atoms with van der Waals surface area (Å²) in [5, 5.41) is 9.39. The third-order valence-electron chi connectivity index (χ3n) is 5.10. The zero-order chi connectivity index (χ0) is 22.2. The number of halogens is 1. The molecule has 1 aliphatic heterocycles. The molecule has 172 valence electrons. The fourth-order valence-corrected chi connectivity index (χ4v) is 4.05. The molecule has 2 amide bonds. The van der Waals surface area contributed by atoms with Gasteiger partial charge in [0.2, 0.25) is 5.91 Å². The van der Waals surface area contributed by atoms with E-state index in [2.05, 4.69) is 52.3 Å². The molecule has 7 nitrogen and oxygen atoms in total. The van der Waals surface area contributed by atoms with Gasteiger partial charge in [0.15, 0.2) is 5.96 Å². The average Bonchev–Trinajstić information content (AvgIpc) is 2.79. The Labute approximate surface area is 210 Å². The summed E-state index contributed by atoms with van der Waals surface area (Å²) in [5.74, 6) is 0.483. The van der Waals surface area contributed by atoms with E-state index in [-0.39, 0.29) is 42.3 Å². The van der Waals surface area contributed by atoms with Gasteiger partial charge in [-0.25, -0.2) is 0 Å². The van der Waals surface area contributed by atoms with Crippen LogP contribution >= 0.6 is 35.7 Å². The summed E-state index contributed by atoms with van der Waals surface area (Å²) in [4.78, 5) is 31.2. The number of hydrogen-bond donors (Lipinski definition) is 3. The lowest BCUT2D eigenvalue weighted by atomic mass is 10.1. The lowest BCUT2D eigenvalue weighted by Gasteiger charge is -2.26. The third-order valence-corrected chi connectivity index (χ3v) is 5.92. The van der Waals surface area contributed by atoms with Crippen molar-refractivity contribution in [3.05, 3.63) is 64.7 Å². The van der Waals surface area contributed by atoms with Gasteiger partial charge in [0.25, 0.3) is 5.91 Å². The minimum atomic E-state index is -0.116. The van der Waals surface area contributed by atoms with Crippen LogP contribution in [0.3, 0.4) is 0 Å². The van der Waals surface area contributed by atoms with Crippen molar-refractivity contribution in [1.29, 1.82) is 0 Å². The number of nitrogens with zero attached hydrogens (tertiary/aromatic N) is 2. The first-order valence-electron chi connectivity index (χ1n) is 10.2. The summed E-state index contributed by atoms with van der Waals surface area (Å²) in [6.07, 6.45) is 2.08. The Morgan fingerprint density at radius 3 is 2.53 bits per heavy atom. The van der Waals surface area contributed by atoms with Gasteiger partial charge in [-0.05, 0) is 48.1 Å². The summed E-state index contributed by atoms with van der Waals surface area (Å²) in [6.45, 7) is 4.52. The van der Waals surface area contributed by atoms with Crippen LogP contribution in [0.1, 0.15) is 27.0 Å². The van der Waals surface area contributed by atoms with Gasteiger partial charge in [-0.15, -0.1) is 35.7 Å². The van der Waals surface area contributed by atoms with E-state index in [4.69, 9.17) is 0 Å². The Kier molecular flexibility index (Phi) is 10.3. The normalized spacial score (nSPS) is 13.8. The molecule has 1 heterocycles. The van der Waals surface area contributed by atoms with E-state index in [1.807, 2.05) is 12.1 Å². The molecule has 1 fully saturated rings. The summed E-state index contributed by atoms with van der Waals surface area (Å²) in [6, 6.07) is 13.9. The van der Waals surface area contributed by atoms with Crippen LogP contribution in [0.25, 0.3) is 0 Å². The summed E-state index contributed by atoms with van der Waals surface area (Å²) < 4.78 is 0. The number of hydrogen-bond acceptors (Lipinski definition) is 4. The fraction of sp³-hybridized carbons (Fsp3) is 0.348. The number of rotatable bonds is 6. The van der Waals surface area contributed by atoms with E-state index in [1.54, 1.807) is 35.8 Å². The quantitative estimate of drug-likeness (QED) is 0.217. The van der Waals surface area contributed by atoms with Crippen LogP contribution in [0, 0.1) is 6.92 Å². The predicted octanol–water partition coefficient (Wildman–Crippen LogP) is 2.77. The Bertz CT molecular complexity index is 965. The molecule has 0 bridgehead atoms. The lowest BCUT2D eigenvalue weighted by Crippen LogP contribution is -2.49. The molecule has 0 aliphatic carbocycles. The molecule has 0 unspecified atom stereocenters. The molecule has 2 aromatic carbocycles. The molecule has 32 heavy (non-hydrogen) atoms. The molecule has 3 N–H and O–H groups in total. The highest BCUT2D eigenvalue weighted by Gasteiger charge is 2.22. The van der Waals surface area contributed by atoms with Crippen LogP contribution < -0.4 is 16.0 Å². The van der Waals surface area contributed by atoms with Crippen molar-refractivity contribution in [2.24, 2.45) is 4.99 Å². The molecular formula is C23H30IN5O2S. The number of aliphatic imine (C=N–C) groups is 1. The second-order valence-electron chi connectivity index (χ2n) is 7.37. The van der Waals surface area contributed by atoms with Crippen molar-refractivity contribution in [3.8, 4) is 0 Å². The van der Waals surface area contributed by atoms with Gasteiger partial charge < -0.3 is 20.9 Å². The number of guanidine groups is 1. The molecule has 2 aromatic rings. The van der Waals surface area contributed by atoms with Crippen LogP contribution in [0.15, 0.2) is 52.4 Å². The molecule has 0 saturated carbocycles. The van der Waals surface area contributed by atoms with Crippen LogP contribution in [0.2, 0.25) is 0 Å². The fourth-order valence-electron chi connectivity index (χ4n) is 3.34. The van der Waals surface area contributed by atoms with Crippen molar-refractivity contribution in [1.82, 2.24) is 20.9 Å². The highest BCUT2D eigenvalue weighted by Crippen LogP contribution is 2.21. The molecule has 0 radical (unpaired) electrons. The molecule has 0 atom stereocenters. The summed E-state index contributed by atoms with van der Waals surface area (Å²) >= 11 is 1.74. The number of piperazine rings is 1. The standard InChI is InChI=1S/C23H29N5O2S.HI/c1-16-4-7-19(20(12-16)31-3)14-27-23(24-2)26-13-17-5-8-18(9-6-17)22(30)28-11-10-25-21(29)15-28;/h4-9,12H,10-11,13-15H2,1-3H3,(H,25,29)(H2,24,26,27);1H. The van der Waals surface area contributed by atoms with E-state index in [1.165, 1.54) is 16.0 Å². The van der Waals surface area contributed by atoms with Crippen molar-refractivity contribution in [2.75, 3.05) is 32.9 Å². The monoisotopic (exact) mass is 567 g/mol. The maximum absolute atomic E-state index is 12.6. The minimum Gasteiger partial charge on any atom is -0.353 e. The largest absolute Gasteiger partial charge is 0.353 e. The number of carbonyl (C=O) groups is 2. The highest BCUT2D eigenvalue weighted by atomic mass is 127. The van der Waals surface area contributed by atoms with E-state index >= 15 is 0 Å². The van der Waals surface area contributed by atoms with Crippen molar-refractivity contribution in [2.45, 2.75) is 24.9 Å². The molecular weight excluding hydrogens is 537 g/mol. The summed E-state index contributed by atoms with van der Waals surface area (Å²) in [7, 11) is 1.75. The molecule has 9 heteroatoms. The van der Waals surface area contributed by atoms with Crippen molar-refractivity contribution in [3.63, 3.8) is 0 Å². The Hall–Kier alpha value is -2.27. The van der Waals surface area contributed by atoms with Crippen LogP contribution in [-0.4, -0.2) is 55.6 Å². The van der Waals surface area contributed by atoms with Crippen LogP contribution in [-0.2, 0) is 17.9 Å². The molecule has 0 spiro atoms. The second-order valence-corrected chi connectivity index (χ2v) is 8.22. The van der Waals surface area contributed by atoms with Gasteiger partial charge in [0, 0.05) is 43.7 Å². The Morgan fingerprint density at radius 1 is 1.16 bits per heavy atom. The second kappa shape index (κ2) is 12.7. The number of benzene rings is 2. The topological polar surface area (TPSA) is 85.8 Å². The van der Waals surface area contributed by atoms with Gasteiger partial charge in [-0.3, -0.25) is 14.6 Å². The Morgan fingerprint density at radius 2 is 1.88 bits per heavy atom. The number of nitrogens with one attached hydrogen (secondary N) is 3. The highest BCUT2D eigenvalue weighted by molar-refractivity contribution is 14.0. The lowest BCUT2D eigenvalue weighted by molar-refractivity contribution is -0.123. The van der Waals surface area contributed by atoms with E-state index in [0.717, 1.165) is 5.56 Å². The zero-order valence-electron chi connectivity index (χ0n) is 18.6. The first-order valence-corrected chi connectivity index (χ1v) is 11.5. The zero-order valence-corrected chi connectivity index (χ0v) is 21.8. The summed E-state index contributed by atoms with van der Waals surface area (Å²) in [5.41, 5.74) is 4.11. The first kappa shape index (κ1) is 26.0. The number of carbonyl (C=O) groups excluding carboxylic acids is 2. The van der Waals surface area contributed by atoms with Crippen molar-refractivity contribution >= 4 is 53.5 Å². The minimum absolute atomic E-state index is 0. The maximum atomic E-state index is 12.6. The molecule has 1 aliphatic rings. The van der Waals surface area contributed by atoms with Gasteiger partial charge in [0.05, 0.1) is 6.54 Å². The molecule has 3 rings (SSSR count). The predicted molar refractivity (Wildman–Crippen MR) is 141 cm³/mol. The van der Waals surface area contributed by atoms with Gasteiger partial charge in [0.1, 0.15) is 0 Å². The smallest absolute Gasteiger partial charge is 0.254 e. The van der Waals surface area contributed by atoms with E-state index in [0.29, 0.717) is 37.7 Å². The van der Waals surface area contributed by atoms with E-state index < -0.39 is 0 Å². The SMILES string of the molecule is CN=C(NCc1ccc(C(=O)N2CCNC(=O)C2)cc1)NCc1ccc(C)cc1SC.I. The third kappa shape index (κ3) is 7.13. The van der Waals surface area contributed by atoms with Crippen LogP contribution in [0.5, 0.6) is 0 Å². The van der Waals surface area contributed by atoms with E-state index in [9.17, 15) is 9.59 Å². The van der Waals surface area contributed by atoms with Crippen LogP contribution in [0.4, 0.5) is 0 Å². The number of amides is 2. The first-order chi connectivity index (χ1) is 15.0. The maximum Gasteiger partial charge on any atom is 0.254 e.